The quantitative estimate of drug-likeness (QED) is 0.0798. The Bertz CT molecular complexity index is 1530. The van der Waals surface area contributed by atoms with Crippen molar-refractivity contribution in [2.75, 3.05) is 13.1 Å². The molecule has 5 nitrogen and oxygen atoms in total. The molecular weight excluding hydrogens is 725 g/mol. The van der Waals surface area contributed by atoms with Gasteiger partial charge in [-0.15, -0.1) is 0 Å². The van der Waals surface area contributed by atoms with Crippen LogP contribution in [0.3, 0.4) is 0 Å². The van der Waals surface area contributed by atoms with Crippen LogP contribution in [0.4, 0.5) is 0 Å². The van der Waals surface area contributed by atoms with Crippen LogP contribution < -0.4 is 10.6 Å². The molecule has 3 N–H and O–H groups in total. The maximum absolute atomic E-state index is 14.3. The van der Waals surface area contributed by atoms with Gasteiger partial charge < -0.3 is 15.7 Å². The largest absolute Gasteiger partial charge is 0.393 e. The van der Waals surface area contributed by atoms with Crippen LogP contribution in [0.15, 0.2) is 72.4 Å². The summed E-state index contributed by atoms with van der Waals surface area (Å²) in [5, 5.41) is 17.6. The summed E-state index contributed by atoms with van der Waals surface area (Å²) in [5.41, 5.74) is 1.93. The minimum atomic E-state index is -0.251. The third-order valence-corrected chi connectivity index (χ3v) is 16.6. The summed E-state index contributed by atoms with van der Waals surface area (Å²) in [7, 11) is 0. The predicted molar refractivity (Wildman–Crippen MR) is 249 cm³/mol. The lowest BCUT2D eigenvalue weighted by Gasteiger charge is -2.68. The van der Waals surface area contributed by atoms with Crippen molar-refractivity contribution >= 4 is 11.8 Å². The SMILES string of the molecule is CC/C=C\C/C=C\C/C=C\C/C=C\C/C=C\CCCC(=O)NCCCCCCNC(=O)C12CCCC(C)C1C1=CCC3C(C)(CCC4C(C)(C)C(O)CCC43C)C1CC2. The van der Waals surface area contributed by atoms with Crippen LogP contribution in [0, 0.1) is 51.2 Å². The maximum atomic E-state index is 14.3. The van der Waals surface area contributed by atoms with Gasteiger partial charge in [-0.3, -0.25) is 9.59 Å². The Morgan fingerprint density at radius 2 is 1.31 bits per heavy atom. The monoisotopic (exact) mass is 811 g/mol. The first-order valence-electron chi connectivity index (χ1n) is 24.6. The highest BCUT2D eigenvalue weighted by Crippen LogP contribution is 2.71. The van der Waals surface area contributed by atoms with E-state index < -0.39 is 0 Å². The third-order valence-electron chi connectivity index (χ3n) is 16.6. The molecule has 0 aromatic carbocycles. The van der Waals surface area contributed by atoms with Crippen molar-refractivity contribution in [3.05, 3.63) is 72.4 Å². The van der Waals surface area contributed by atoms with Gasteiger partial charge in [0.1, 0.15) is 0 Å². The molecule has 9 unspecified atom stereocenters. The summed E-state index contributed by atoms with van der Waals surface area (Å²) in [5.74, 6) is 3.23. The molecule has 0 heterocycles. The Hall–Kier alpha value is -2.66. The number of aliphatic hydroxyl groups is 1. The van der Waals surface area contributed by atoms with Crippen molar-refractivity contribution in [2.45, 2.75) is 189 Å². The first-order chi connectivity index (χ1) is 28.4. The van der Waals surface area contributed by atoms with Crippen molar-refractivity contribution in [1.29, 1.82) is 0 Å². The average Bonchev–Trinajstić information content (AvgIpc) is 3.21. The molecule has 0 spiro atoms. The molecule has 0 saturated heterocycles. The zero-order valence-electron chi connectivity index (χ0n) is 38.5. The van der Waals surface area contributed by atoms with Crippen LogP contribution in [0.25, 0.3) is 0 Å². The van der Waals surface area contributed by atoms with Crippen LogP contribution in [0.2, 0.25) is 0 Å². The second kappa shape index (κ2) is 22.4. The Kier molecular flexibility index (Phi) is 18.0. The summed E-state index contributed by atoms with van der Waals surface area (Å²) in [4.78, 5) is 26.7. The minimum Gasteiger partial charge on any atom is -0.393 e. The van der Waals surface area contributed by atoms with E-state index in [4.69, 9.17) is 0 Å². The van der Waals surface area contributed by atoms with Gasteiger partial charge in [0.2, 0.25) is 11.8 Å². The molecule has 4 saturated carbocycles. The Balaban J connectivity index is 0.958. The molecule has 0 radical (unpaired) electrons. The fourth-order valence-electron chi connectivity index (χ4n) is 13.5. The summed E-state index contributed by atoms with van der Waals surface area (Å²) in [6.45, 7) is 16.0. The number of rotatable bonds is 21. The number of nitrogens with one attached hydrogen (secondary N) is 2. The number of aliphatic hydroxyl groups excluding tert-OH is 1. The fraction of sp³-hybridized carbons (Fsp3) is 0.741. The van der Waals surface area contributed by atoms with Gasteiger partial charge in [0.05, 0.1) is 11.5 Å². The second-order valence-corrected chi connectivity index (χ2v) is 20.7. The standard InChI is InChI=1S/C54H86N2O3/c1-7-8-9-10-11-12-13-14-15-16-17-18-19-20-21-22-25-30-48(58)55-40-26-23-24-27-41-56-50(59)54-36-28-29-42(2)49(54)43-31-32-46-52(5,44(43)33-39-54)37-34-45-51(3,4)47(57)35-38-53(45,46)6/h8-9,11-12,14-15,17-18,20-21,31,42,44-47,49,57H,7,10,13,16,19,22-30,32-41H2,1-6H3,(H,55,58)(H,56,59)/b9-8-,12-11-,15-14-,18-17-,21-20-. The molecule has 0 aromatic heterocycles. The van der Waals surface area contributed by atoms with Gasteiger partial charge in [-0.1, -0.05) is 140 Å². The second-order valence-electron chi connectivity index (χ2n) is 20.7. The molecule has 5 heteroatoms. The number of unbranched alkanes of at least 4 members (excludes halogenated alkanes) is 4. The van der Waals surface area contributed by atoms with E-state index in [1.807, 2.05) is 0 Å². The number of fused-ring (bicyclic) bond motifs is 7. The molecule has 0 bridgehead atoms. The molecule has 330 valence electrons. The van der Waals surface area contributed by atoms with E-state index in [0.717, 1.165) is 129 Å². The van der Waals surface area contributed by atoms with E-state index in [-0.39, 0.29) is 33.7 Å². The number of amides is 2. The lowest BCUT2D eigenvalue weighted by molar-refractivity contribution is -0.186. The van der Waals surface area contributed by atoms with E-state index in [9.17, 15) is 14.7 Å². The van der Waals surface area contributed by atoms with Crippen molar-refractivity contribution < 1.29 is 14.7 Å². The Morgan fingerprint density at radius 1 is 0.695 bits per heavy atom. The normalized spacial score (nSPS) is 34.2. The van der Waals surface area contributed by atoms with Gasteiger partial charge in [-0.2, -0.15) is 0 Å². The van der Waals surface area contributed by atoms with Crippen molar-refractivity contribution in [3.8, 4) is 0 Å². The van der Waals surface area contributed by atoms with Crippen LogP contribution >= 0.6 is 0 Å². The van der Waals surface area contributed by atoms with Crippen LogP contribution in [-0.2, 0) is 9.59 Å². The number of carbonyl (C=O) groups is 2. The van der Waals surface area contributed by atoms with Crippen LogP contribution in [0.5, 0.6) is 0 Å². The average molecular weight is 811 g/mol. The number of allylic oxidation sites excluding steroid dienone is 12. The smallest absolute Gasteiger partial charge is 0.226 e. The van der Waals surface area contributed by atoms with Gasteiger partial charge in [-0.25, -0.2) is 0 Å². The lowest BCUT2D eigenvalue weighted by atomic mass is 9.37. The molecule has 0 aromatic rings. The molecule has 2 amide bonds. The topological polar surface area (TPSA) is 78.4 Å². The summed E-state index contributed by atoms with van der Waals surface area (Å²) in [6, 6.07) is 0. The van der Waals surface area contributed by atoms with Crippen LogP contribution in [0.1, 0.15) is 183 Å². The first-order valence-corrected chi connectivity index (χ1v) is 24.6. The molecule has 9 atom stereocenters. The molecular formula is C54H86N2O3. The highest BCUT2D eigenvalue weighted by molar-refractivity contribution is 5.84. The summed E-state index contributed by atoms with van der Waals surface area (Å²) < 4.78 is 0. The summed E-state index contributed by atoms with van der Waals surface area (Å²) >= 11 is 0. The Labute approximate surface area is 361 Å². The lowest BCUT2D eigenvalue weighted by Crippen LogP contribution is -2.62. The molecule has 5 aliphatic carbocycles. The van der Waals surface area contributed by atoms with Crippen LogP contribution in [-0.4, -0.2) is 36.1 Å². The highest BCUT2D eigenvalue weighted by atomic mass is 16.3. The number of hydrogen-bond donors (Lipinski definition) is 3. The maximum Gasteiger partial charge on any atom is 0.226 e. The Morgan fingerprint density at radius 3 is 1.97 bits per heavy atom. The molecule has 4 fully saturated rings. The fourth-order valence-corrected chi connectivity index (χ4v) is 13.5. The highest BCUT2D eigenvalue weighted by Gasteiger charge is 2.65. The zero-order valence-corrected chi connectivity index (χ0v) is 38.5. The van der Waals surface area contributed by atoms with E-state index in [0.29, 0.717) is 41.9 Å². The molecule has 5 aliphatic rings. The predicted octanol–water partition coefficient (Wildman–Crippen LogP) is 13.1. The van der Waals surface area contributed by atoms with Crippen molar-refractivity contribution in [2.24, 2.45) is 51.2 Å². The van der Waals surface area contributed by atoms with Crippen molar-refractivity contribution in [1.82, 2.24) is 10.6 Å². The van der Waals surface area contributed by atoms with Gasteiger partial charge in [0.25, 0.3) is 0 Å². The molecule has 59 heavy (non-hydrogen) atoms. The van der Waals surface area contributed by atoms with E-state index >= 15 is 0 Å². The van der Waals surface area contributed by atoms with E-state index in [1.54, 1.807) is 5.57 Å². The van der Waals surface area contributed by atoms with E-state index in [2.05, 4.69) is 119 Å². The summed E-state index contributed by atoms with van der Waals surface area (Å²) in [6.07, 6.45) is 47.5. The minimum absolute atomic E-state index is 0.0234. The first kappa shape index (κ1) is 47.4. The zero-order chi connectivity index (χ0) is 42.4. The van der Waals surface area contributed by atoms with Gasteiger partial charge >= 0.3 is 0 Å². The van der Waals surface area contributed by atoms with Gasteiger partial charge in [0.15, 0.2) is 0 Å². The van der Waals surface area contributed by atoms with Crippen molar-refractivity contribution in [3.63, 3.8) is 0 Å². The van der Waals surface area contributed by atoms with E-state index in [1.165, 1.54) is 19.3 Å². The number of carbonyl (C=O) groups excluding carboxylic acids is 2. The van der Waals surface area contributed by atoms with Gasteiger partial charge in [0, 0.05) is 19.5 Å². The van der Waals surface area contributed by atoms with Gasteiger partial charge in [-0.05, 0) is 155 Å². The number of hydrogen-bond acceptors (Lipinski definition) is 3. The molecule has 0 aliphatic heterocycles. The third kappa shape index (κ3) is 11.4. The molecule has 5 rings (SSSR count).